The van der Waals surface area contributed by atoms with Crippen LogP contribution in [0.1, 0.15) is 39.0 Å². The molecule has 1 saturated heterocycles. The molecule has 2 aromatic rings. The molecule has 1 aromatic heterocycles. The summed E-state index contributed by atoms with van der Waals surface area (Å²) in [6, 6.07) is 10.7. The molecule has 0 atom stereocenters. The van der Waals surface area contributed by atoms with Crippen LogP contribution < -0.4 is 0 Å². The molecule has 0 spiro atoms. The number of sulfonamides is 1. The number of benzene rings is 1. The molecule has 31 heavy (non-hydrogen) atoms. The first-order chi connectivity index (χ1) is 14.8. The number of piperazine rings is 1. The number of amides is 1. The van der Waals surface area contributed by atoms with Crippen LogP contribution >= 0.6 is 0 Å². The number of nitrogens with zero attached hydrogens (tertiary/aromatic N) is 4. The number of aromatic nitrogens is 1. The quantitative estimate of drug-likeness (QED) is 0.645. The van der Waals surface area contributed by atoms with E-state index in [4.69, 9.17) is 10.00 Å². The molecule has 1 aliphatic rings. The van der Waals surface area contributed by atoms with Gasteiger partial charge in [0, 0.05) is 26.2 Å². The topological polar surface area (TPSA) is 121 Å². The van der Waals surface area contributed by atoms with Gasteiger partial charge in [0.25, 0.3) is 5.91 Å². The van der Waals surface area contributed by atoms with Gasteiger partial charge in [0.1, 0.15) is 5.69 Å². The van der Waals surface area contributed by atoms with Gasteiger partial charge >= 0.3 is 5.97 Å². The minimum absolute atomic E-state index is 0.109. The summed E-state index contributed by atoms with van der Waals surface area (Å²) < 4.78 is 31.9. The van der Waals surface area contributed by atoms with Gasteiger partial charge in [-0.3, -0.25) is 4.79 Å². The van der Waals surface area contributed by atoms with Crippen molar-refractivity contribution in [1.82, 2.24) is 14.2 Å². The molecule has 0 aliphatic carbocycles. The highest BCUT2D eigenvalue weighted by molar-refractivity contribution is 7.89. The van der Waals surface area contributed by atoms with Crippen molar-refractivity contribution in [2.24, 2.45) is 0 Å². The Bertz CT molecular complexity index is 1130. The second-order valence-corrected chi connectivity index (χ2v) is 8.82. The van der Waals surface area contributed by atoms with Crippen molar-refractivity contribution in [3.63, 3.8) is 0 Å². The molecule has 10 heteroatoms. The van der Waals surface area contributed by atoms with E-state index >= 15 is 0 Å². The summed E-state index contributed by atoms with van der Waals surface area (Å²) in [6.07, 6.45) is 0. The highest BCUT2D eigenvalue weighted by Gasteiger charge is 2.31. The predicted molar refractivity (Wildman–Crippen MR) is 111 cm³/mol. The maximum Gasteiger partial charge on any atom is 0.339 e. The maximum absolute atomic E-state index is 12.8. The molecule has 162 valence electrons. The molecule has 3 rings (SSSR count). The lowest BCUT2D eigenvalue weighted by Gasteiger charge is -2.33. The minimum Gasteiger partial charge on any atom is -0.462 e. The number of nitriles is 1. The largest absolute Gasteiger partial charge is 0.462 e. The Morgan fingerprint density at radius 1 is 1.10 bits per heavy atom. The van der Waals surface area contributed by atoms with Gasteiger partial charge in [-0.1, -0.05) is 0 Å². The maximum atomic E-state index is 12.8. The fourth-order valence-electron chi connectivity index (χ4n) is 3.25. The number of aryl methyl sites for hydroxylation is 1. The van der Waals surface area contributed by atoms with Crippen LogP contribution in [0, 0.1) is 18.3 Å². The first-order valence-electron chi connectivity index (χ1n) is 9.72. The van der Waals surface area contributed by atoms with E-state index in [0.29, 0.717) is 16.8 Å². The number of pyridine rings is 1. The van der Waals surface area contributed by atoms with Crippen LogP contribution in [0.25, 0.3) is 0 Å². The SMILES string of the molecule is CCOC(=O)c1ccc(C(=O)N2CCN(S(=O)(=O)c3ccc(C#N)cc3)CC2)nc1C. The summed E-state index contributed by atoms with van der Waals surface area (Å²) in [5, 5.41) is 8.86. The molecule has 1 aromatic carbocycles. The molecule has 0 unspecified atom stereocenters. The number of hydrogen-bond acceptors (Lipinski definition) is 7. The van der Waals surface area contributed by atoms with E-state index in [0.717, 1.165) is 0 Å². The van der Waals surface area contributed by atoms with Gasteiger partial charge in [0.2, 0.25) is 10.0 Å². The first kappa shape index (κ1) is 22.4. The molecular formula is C21H22N4O5S. The van der Waals surface area contributed by atoms with Gasteiger partial charge in [-0.15, -0.1) is 0 Å². The number of esters is 1. The summed E-state index contributed by atoms with van der Waals surface area (Å²) >= 11 is 0. The minimum atomic E-state index is -3.71. The van der Waals surface area contributed by atoms with Crippen molar-refractivity contribution in [3.05, 3.63) is 58.9 Å². The highest BCUT2D eigenvalue weighted by Crippen LogP contribution is 2.19. The smallest absolute Gasteiger partial charge is 0.339 e. The molecule has 2 heterocycles. The Labute approximate surface area is 180 Å². The summed E-state index contributed by atoms with van der Waals surface area (Å²) in [5.74, 6) is -0.818. The summed E-state index contributed by atoms with van der Waals surface area (Å²) in [4.78, 5) is 30.6. The molecule has 9 nitrogen and oxygen atoms in total. The van der Waals surface area contributed by atoms with E-state index in [2.05, 4.69) is 4.98 Å². The molecule has 0 radical (unpaired) electrons. The van der Waals surface area contributed by atoms with Gasteiger partial charge in [-0.25, -0.2) is 18.2 Å². The number of carbonyl (C=O) groups is 2. The van der Waals surface area contributed by atoms with E-state index in [1.54, 1.807) is 13.8 Å². The average molecular weight is 442 g/mol. The lowest BCUT2D eigenvalue weighted by Crippen LogP contribution is -2.50. The van der Waals surface area contributed by atoms with Gasteiger partial charge in [0.05, 0.1) is 34.4 Å². The van der Waals surface area contributed by atoms with Crippen molar-refractivity contribution in [3.8, 4) is 6.07 Å². The number of carbonyl (C=O) groups excluding carboxylic acids is 2. The average Bonchev–Trinajstić information content (AvgIpc) is 2.78. The number of rotatable bonds is 5. The van der Waals surface area contributed by atoms with Crippen molar-refractivity contribution in [1.29, 1.82) is 5.26 Å². The Morgan fingerprint density at radius 3 is 2.29 bits per heavy atom. The van der Waals surface area contributed by atoms with E-state index in [1.807, 2.05) is 6.07 Å². The second kappa shape index (κ2) is 9.24. The van der Waals surface area contributed by atoms with Crippen LogP contribution in [0.3, 0.4) is 0 Å². The molecule has 1 aliphatic heterocycles. The summed E-state index contributed by atoms with van der Waals surface area (Å²) in [7, 11) is -3.71. The summed E-state index contributed by atoms with van der Waals surface area (Å²) in [5.41, 5.74) is 1.27. The monoisotopic (exact) mass is 442 g/mol. The molecule has 0 saturated carbocycles. The standard InChI is InChI=1S/C21H22N4O5S/c1-3-30-21(27)18-8-9-19(23-15(18)2)20(26)24-10-12-25(13-11-24)31(28,29)17-6-4-16(14-22)5-7-17/h4-9H,3,10-13H2,1-2H3. The van der Waals surface area contributed by atoms with Gasteiger partial charge in [-0.2, -0.15) is 9.57 Å². The second-order valence-electron chi connectivity index (χ2n) is 6.88. The normalized spacial score (nSPS) is 14.7. The lowest BCUT2D eigenvalue weighted by atomic mass is 10.1. The molecular weight excluding hydrogens is 420 g/mol. The van der Waals surface area contributed by atoms with E-state index in [9.17, 15) is 18.0 Å². The predicted octanol–water partition coefficient (Wildman–Crippen LogP) is 1.59. The third kappa shape index (κ3) is 4.73. The van der Waals surface area contributed by atoms with E-state index in [-0.39, 0.29) is 49.3 Å². The van der Waals surface area contributed by atoms with Crippen LogP contribution in [0.15, 0.2) is 41.3 Å². The molecule has 1 amide bonds. The van der Waals surface area contributed by atoms with Crippen LogP contribution in [-0.4, -0.2) is 67.3 Å². The number of ether oxygens (including phenoxy) is 1. The Balaban J connectivity index is 1.67. The van der Waals surface area contributed by atoms with Crippen molar-refractivity contribution >= 4 is 21.9 Å². The molecule has 0 bridgehead atoms. The zero-order valence-electron chi connectivity index (χ0n) is 17.2. The number of hydrogen-bond donors (Lipinski definition) is 0. The van der Waals surface area contributed by atoms with Gasteiger partial charge in [0.15, 0.2) is 0 Å². The highest BCUT2D eigenvalue weighted by atomic mass is 32.2. The van der Waals surface area contributed by atoms with E-state index in [1.165, 1.54) is 45.6 Å². The zero-order valence-corrected chi connectivity index (χ0v) is 18.1. The van der Waals surface area contributed by atoms with Crippen molar-refractivity contribution < 1.29 is 22.7 Å². The van der Waals surface area contributed by atoms with Crippen molar-refractivity contribution in [2.75, 3.05) is 32.8 Å². The van der Waals surface area contributed by atoms with Crippen LogP contribution in [0.4, 0.5) is 0 Å². The lowest BCUT2D eigenvalue weighted by molar-refractivity contribution is 0.0523. The zero-order chi connectivity index (χ0) is 22.6. The third-order valence-corrected chi connectivity index (χ3v) is 6.86. The van der Waals surface area contributed by atoms with Crippen LogP contribution in [-0.2, 0) is 14.8 Å². The Morgan fingerprint density at radius 2 is 1.74 bits per heavy atom. The van der Waals surface area contributed by atoms with Crippen LogP contribution in [0.2, 0.25) is 0 Å². The van der Waals surface area contributed by atoms with Gasteiger partial charge < -0.3 is 9.64 Å². The fraction of sp³-hybridized carbons (Fsp3) is 0.333. The van der Waals surface area contributed by atoms with E-state index < -0.39 is 16.0 Å². The molecule has 0 N–H and O–H groups in total. The summed E-state index contributed by atoms with van der Waals surface area (Å²) in [6.45, 7) is 4.31. The Hall–Kier alpha value is -3.29. The first-order valence-corrected chi connectivity index (χ1v) is 11.2. The molecule has 1 fully saturated rings. The third-order valence-electron chi connectivity index (χ3n) is 4.95. The van der Waals surface area contributed by atoms with Gasteiger partial charge in [-0.05, 0) is 50.2 Å². The Kier molecular flexibility index (Phi) is 6.68. The fourth-order valence-corrected chi connectivity index (χ4v) is 4.67. The van der Waals surface area contributed by atoms with Crippen molar-refractivity contribution in [2.45, 2.75) is 18.7 Å². The van der Waals surface area contributed by atoms with Crippen LogP contribution in [0.5, 0.6) is 0 Å².